The molecule has 1 fully saturated rings. The number of nitrogens with zero attached hydrogens (tertiary/aromatic N) is 4. The second-order valence-corrected chi connectivity index (χ2v) is 11.4. The van der Waals surface area contributed by atoms with Crippen LogP contribution in [0.4, 0.5) is 0 Å². The van der Waals surface area contributed by atoms with Crippen LogP contribution >= 0.6 is 0 Å². The van der Waals surface area contributed by atoms with Gasteiger partial charge in [0.1, 0.15) is 28.6 Å². The van der Waals surface area contributed by atoms with Gasteiger partial charge in [-0.15, -0.1) is 15.0 Å². The standard InChI is InChI=1S/C29H40N4O3/c1-7-8-11-21-16-20(17-25(27(21)35)33-30-23-12-9-10-13-24(23)31-33)14-15-26(34)36-22-18-28(2,3)32(6)29(4,5)19-22/h9-10,12-13,16-17,22,35H,7-8,11,14-15,18-19H2,1-6H3. The Bertz CT molecular complexity index is 1180. The molecule has 1 saturated heterocycles. The number of carbonyl (C=O) groups is 1. The molecule has 7 heteroatoms. The number of likely N-dealkylation sites (tertiary alicyclic amines) is 1. The second kappa shape index (κ2) is 10.2. The highest BCUT2D eigenvalue weighted by atomic mass is 16.5. The molecule has 4 rings (SSSR count). The fourth-order valence-corrected chi connectivity index (χ4v) is 5.42. The monoisotopic (exact) mass is 492 g/mol. The zero-order valence-electron chi connectivity index (χ0n) is 22.5. The Morgan fingerprint density at radius 3 is 2.25 bits per heavy atom. The maximum Gasteiger partial charge on any atom is 0.306 e. The van der Waals surface area contributed by atoms with Crippen LogP contribution in [0.3, 0.4) is 0 Å². The van der Waals surface area contributed by atoms with Crippen LogP contribution in [-0.2, 0) is 22.4 Å². The SMILES string of the molecule is CCCCc1cc(CCC(=O)OC2CC(C)(C)N(C)C(C)(C)C2)cc(-n2nc3ccccc3n2)c1O. The molecule has 0 atom stereocenters. The van der Waals surface area contributed by atoms with Crippen LogP contribution in [-0.4, -0.2) is 55.2 Å². The quantitative estimate of drug-likeness (QED) is 0.413. The molecule has 36 heavy (non-hydrogen) atoms. The number of aromatic hydroxyl groups is 1. The van der Waals surface area contributed by atoms with Crippen LogP contribution in [0.2, 0.25) is 0 Å². The average Bonchev–Trinajstić information content (AvgIpc) is 3.24. The van der Waals surface area contributed by atoms with Crippen molar-refractivity contribution in [1.29, 1.82) is 0 Å². The lowest BCUT2D eigenvalue weighted by Crippen LogP contribution is -2.60. The lowest BCUT2D eigenvalue weighted by molar-refractivity contribution is -0.158. The van der Waals surface area contributed by atoms with E-state index in [9.17, 15) is 9.90 Å². The maximum absolute atomic E-state index is 12.9. The van der Waals surface area contributed by atoms with Gasteiger partial charge in [-0.25, -0.2) is 0 Å². The van der Waals surface area contributed by atoms with Crippen molar-refractivity contribution in [3.05, 3.63) is 47.5 Å². The number of esters is 1. The highest BCUT2D eigenvalue weighted by Gasteiger charge is 2.44. The smallest absolute Gasteiger partial charge is 0.306 e. The summed E-state index contributed by atoms with van der Waals surface area (Å²) in [7, 11) is 2.15. The predicted molar refractivity (Wildman–Crippen MR) is 142 cm³/mol. The molecule has 1 N–H and O–H groups in total. The largest absolute Gasteiger partial charge is 0.505 e. The van der Waals surface area contributed by atoms with Gasteiger partial charge in [-0.05, 0) is 83.3 Å². The second-order valence-electron chi connectivity index (χ2n) is 11.4. The molecular formula is C29H40N4O3. The van der Waals surface area contributed by atoms with Crippen molar-refractivity contribution < 1.29 is 14.6 Å². The Morgan fingerprint density at radius 1 is 1.06 bits per heavy atom. The van der Waals surface area contributed by atoms with Crippen molar-refractivity contribution in [3.8, 4) is 11.4 Å². The first kappa shape index (κ1) is 26.1. The molecule has 0 aliphatic carbocycles. The zero-order valence-corrected chi connectivity index (χ0v) is 22.5. The number of ether oxygens (including phenoxy) is 1. The van der Waals surface area contributed by atoms with Gasteiger partial charge in [-0.2, -0.15) is 0 Å². The van der Waals surface area contributed by atoms with E-state index in [-0.39, 0.29) is 28.9 Å². The van der Waals surface area contributed by atoms with Crippen molar-refractivity contribution in [2.24, 2.45) is 0 Å². The summed E-state index contributed by atoms with van der Waals surface area (Å²) in [5.41, 5.74) is 3.84. The molecule has 3 aromatic rings. The average molecular weight is 493 g/mol. The third kappa shape index (κ3) is 5.56. The third-order valence-electron chi connectivity index (χ3n) is 7.72. The highest BCUT2D eigenvalue weighted by Crippen LogP contribution is 2.38. The first-order valence-electron chi connectivity index (χ1n) is 13.1. The molecule has 2 heterocycles. The lowest BCUT2D eigenvalue weighted by Gasteiger charge is -2.53. The number of hydrogen-bond acceptors (Lipinski definition) is 6. The van der Waals surface area contributed by atoms with Gasteiger partial charge in [0.25, 0.3) is 0 Å². The molecule has 0 radical (unpaired) electrons. The highest BCUT2D eigenvalue weighted by molar-refractivity contribution is 5.74. The van der Waals surface area contributed by atoms with E-state index in [1.807, 2.05) is 36.4 Å². The molecule has 1 aromatic heterocycles. The minimum atomic E-state index is -0.177. The number of fused-ring (bicyclic) bond motifs is 1. The summed E-state index contributed by atoms with van der Waals surface area (Å²) < 4.78 is 5.96. The van der Waals surface area contributed by atoms with Gasteiger partial charge in [0.05, 0.1) is 0 Å². The van der Waals surface area contributed by atoms with Crippen molar-refractivity contribution in [1.82, 2.24) is 19.9 Å². The summed E-state index contributed by atoms with van der Waals surface area (Å²) in [6, 6.07) is 11.5. The van der Waals surface area contributed by atoms with Gasteiger partial charge in [-0.3, -0.25) is 9.69 Å². The summed E-state index contributed by atoms with van der Waals surface area (Å²) in [5.74, 6) is 0.0229. The molecule has 0 spiro atoms. The number of rotatable bonds is 8. The van der Waals surface area contributed by atoms with E-state index in [0.29, 0.717) is 18.5 Å². The van der Waals surface area contributed by atoms with Crippen LogP contribution in [0.1, 0.15) is 77.8 Å². The number of carbonyl (C=O) groups excluding carboxylic acids is 1. The van der Waals surface area contributed by atoms with Gasteiger partial charge in [0.15, 0.2) is 0 Å². The fraction of sp³-hybridized carbons (Fsp3) is 0.552. The van der Waals surface area contributed by atoms with Gasteiger partial charge >= 0.3 is 5.97 Å². The molecule has 0 saturated carbocycles. The number of phenolic OH excluding ortho intramolecular Hbond substituents is 1. The Balaban J connectivity index is 1.51. The predicted octanol–water partition coefficient (Wildman–Crippen LogP) is 5.60. The summed E-state index contributed by atoms with van der Waals surface area (Å²) in [6.07, 6.45) is 5.13. The van der Waals surface area contributed by atoms with Crippen molar-refractivity contribution in [2.75, 3.05) is 7.05 Å². The molecule has 2 aromatic carbocycles. The van der Waals surface area contributed by atoms with E-state index in [1.54, 1.807) is 0 Å². The first-order valence-corrected chi connectivity index (χ1v) is 13.1. The molecular weight excluding hydrogens is 452 g/mol. The zero-order chi connectivity index (χ0) is 26.1. The Morgan fingerprint density at radius 2 is 1.67 bits per heavy atom. The van der Waals surface area contributed by atoms with Crippen LogP contribution in [0.15, 0.2) is 36.4 Å². The van der Waals surface area contributed by atoms with E-state index < -0.39 is 0 Å². The number of benzene rings is 2. The van der Waals surface area contributed by atoms with Crippen LogP contribution in [0.25, 0.3) is 16.7 Å². The number of aromatic nitrogens is 3. The molecule has 1 aliphatic rings. The van der Waals surface area contributed by atoms with Gasteiger partial charge in [0.2, 0.25) is 0 Å². The number of phenols is 1. The molecule has 0 amide bonds. The van der Waals surface area contributed by atoms with Gasteiger partial charge in [0, 0.05) is 30.3 Å². The normalized spacial score (nSPS) is 17.9. The summed E-state index contributed by atoms with van der Waals surface area (Å²) in [5, 5.41) is 20.2. The Labute approximate surface area is 214 Å². The molecule has 1 aliphatic heterocycles. The van der Waals surface area contributed by atoms with E-state index in [0.717, 1.165) is 54.3 Å². The summed E-state index contributed by atoms with van der Waals surface area (Å²) in [6.45, 7) is 11.0. The van der Waals surface area contributed by atoms with Crippen molar-refractivity contribution in [3.63, 3.8) is 0 Å². The minimum Gasteiger partial charge on any atom is -0.505 e. The number of piperidine rings is 1. The Kier molecular flexibility index (Phi) is 7.41. The van der Waals surface area contributed by atoms with E-state index in [2.05, 4.69) is 56.8 Å². The molecule has 7 nitrogen and oxygen atoms in total. The first-order chi connectivity index (χ1) is 17.0. The lowest BCUT2D eigenvalue weighted by atomic mass is 9.79. The maximum atomic E-state index is 12.9. The topological polar surface area (TPSA) is 80.5 Å². The van der Waals surface area contributed by atoms with E-state index >= 15 is 0 Å². The van der Waals surface area contributed by atoms with Gasteiger partial charge < -0.3 is 9.84 Å². The van der Waals surface area contributed by atoms with Crippen LogP contribution in [0, 0.1) is 0 Å². The Hall–Kier alpha value is -2.93. The third-order valence-corrected chi connectivity index (χ3v) is 7.72. The van der Waals surface area contributed by atoms with Gasteiger partial charge in [-0.1, -0.05) is 31.5 Å². The number of unbranched alkanes of at least 4 members (excludes halogenated alkanes) is 1. The fourth-order valence-electron chi connectivity index (χ4n) is 5.42. The molecule has 0 bridgehead atoms. The van der Waals surface area contributed by atoms with E-state index in [4.69, 9.17) is 4.74 Å². The minimum absolute atomic E-state index is 0.0347. The van der Waals surface area contributed by atoms with Crippen molar-refractivity contribution in [2.45, 2.75) is 96.7 Å². The van der Waals surface area contributed by atoms with E-state index in [1.165, 1.54) is 4.80 Å². The summed E-state index contributed by atoms with van der Waals surface area (Å²) >= 11 is 0. The number of hydrogen-bond donors (Lipinski definition) is 1. The molecule has 194 valence electrons. The summed E-state index contributed by atoms with van der Waals surface area (Å²) in [4.78, 5) is 16.8. The van der Waals surface area contributed by atoms with Crippen LogP contribution < -0.4 is 0 Å². The number of aryl methyl sites for hydroxylation is 2. The van der Waals surface area contributed by atoms with Crippen LogP contribution in [0.5, 0.6) is 5.75 Å². The van der Waals surface area contributed by atoms with Crippen molar-refractivity contribution >= 4 is 17.0 Å². The molecule has 0 unspecified atom stereocenters.